The van der Waals surface area contributed by atoms with Gasteiger partial charge in [0, 0.05) is 19.5 Å². The van der Waals surface area contributed by atoms with Gasteiger partial charge < -0.3 is 10.0 Å². The molecule has 1 N–H and O–H groups in total. The molecule has 0 aromatic heterocycles. The van der Waals surface area contributed by atoms with Crippen LogP contribution in [0.1, 0.15) is 39.9 Å². The average molecular weight is 323 g/mol. The van der Waals surface area contributed by atoms with Crippen molar-refractivity contribution in [2.75, 3.05) is 6.54 Å². The lowest BCUT2D eigenvalue weighted by molar-refractivity contribution is -0.132. The second-order valence-electron chi connectivity index (χ2n) is 6.19. The van der Waals surface area contributed by atoms with Crippen LogP contribution in [0.25, 0.3) is 0 Å². The molecular formula is C20H21NO3. The first-order valence-electron chi connectivity index (χ1n) is 8.30. The molecule has 0 bridgehead atoms. The van der Waals surface area contributed by atoms with Crippen molar-refractivity contribution in [1.82, 2.24) is 4.90 Å². The fourth-order valence-corrected chi connectivity index (χ4v) is 3.15. The summed E-state index contributed by atoms with van der Waals surface area (Å²) in [6, 6.07) is 15.4. The Labute approximate surface area is 141 Å². The molecule has 124 valence electrons. The number of carbonyl (C=O) groups excluding carboxylic acids is 1. The molecule has 0 aliphatic carbocycles. The van der Waals surface area contributed by atoms with Crippen molar-refractivity contribution in [3.05, 3.63) is 70.8 Å². The van der Waals surface area contributed by atoms with Crippen LogP contribution in [0.5, 0.6) is 0 Å². The summed E-state index contributed by atoms with van der Waals surface area (Å²) in [4.78, 5) is 25.4. The maximum absolute atomic E-state index is 12.4. The zero-order chi connectivity index (χ0) is 16.9. The topological polar surface area (TPSA) is 57.6 Å². The molecule has 0 radical (unpaired) electrons. The second kappa shape index (κ2) is 7.30. The quantitative estimate of drug-likeness (QED) is 0.918. The Morgan fingerprint density at radius 3 is 2.58 bits per heavy atom. The molecule has 0 saturated carbocycles. The van der Waals surface area contributed by atoms with Crippen molar-refractivity contribution in [1.29, 1.82) is 0 Å². The predicted octanol–water partition coefficient (Wildman–Crippen LogP) is 3.29. The van der Waals surface area contributed by atoms with Gasteiger partial charge in [-0.15, -0.1) is 0 Å². The number of amides is 1. The van der Waals surface area contributed by atoms with Crippen LogP contribution in [-0.4, -0.2) is 28.4 Å². The van der Waals surface area contributed by atoms with Crippen LogP contribution in [0.4, 0.5) is 0 Å². The molecule has 0 spiro atoms. The third kappa shape index (κ3) is 3.82. The highest BCUT2D eigenvalue weighted by molar-refractivity contribution is 5.88. The summed E-state index contributed by atoms with van der Waals surface area (Å²) in [7, 11) is 0. The van der Waals surface area contributed by atoms with E-state index in [2.05, 4.69) is 12.1 Å². The van der Waals surface area contributed by atoms with Crippen molar-refractivity contribution in [3.8, 4) is 0 Å². The third-order valence-corrected chi connectivity index (χ3v) is 4.52. The van der Waals surface area contributed by atoms with Crippen molar-refractivity contribution >= 4 is 11.9 Å². The van der Waals surface area contributed by atoms with E-state index in [9.17, 15) is 9.59 Å². The fraction of sp³-hybridized carbons (Fsp3) is 0.300. The first-order valence-corrected chi connectivity index (χ1v) is 8.30. The van der Waals surface area contributed by atoms with Gasteiger partial charge in [-0.25, -0.2) is 4.79 Å². The Balaban J connectivity index is 1.57. The number of benzene rings is 2. The first kappa shape index (κ1) is 16.2. The van der Waals surface area contributed by atoms with E-state index >= 15 is 0 Å². The van der Waals surface area contributed by atoms with Crippen LogP contribution in [-0.2, 0) is 24.2 Å². The standard InChI is InChI=1S/C20H21NO3/c22-19(8-4-7-15-5-2-1-3-6-15)21-12-11-16-9-10-17(20(23)24)13-18(16)14-21/h1-3,5-6,9-10,13H,4,7-8,11-12,14H2,(H,23,24). The molecule has 2 aromatic carbocycles. The predicted molar refractivity (Wildman–Crippen MR) is 91.9 cm³/mol. The minimum atomic E-state index is -0.927. The highest BCUT2D eigenvalue weighted by atomic mass is 16.4. The van der Waals surface area contributed by atoms with Gasteiger partial charge in [-0.05, 0) is 48.1 Å². The number of carbonyl (C=O) groups is 2. The lowest BCUT2D eigenvalue weighted by Crippen LogP contribution is -2.36. The molecule has 3 rings (SSSR count). The number of carboxylic acids is 1. The maximum atomic E-state index is 12.4. The molecule has 1 amide bonds. The van der Waals surface area contributed by atoms with Gasteiger partial charge in [0.15, 0.2) is 0 Å². The summed E-state index contributed by atoms with van der Waals surface area (Å²) < 4.78 is 0. The Morgan fingerprint density at radius 1 is 1.04 bits per heavy atom. The number of fused-ring (bicyclic) bond motifs is 1. The van der Waals surface area contributed by atoms with Gasteiger partial charge in [0.2, 0.25) is 5.91 Å². The molecule has 0 fully saturated rings. The van der Waals surface area contributed by atoms with Crippen LogP contribution in [0.3, 0.4) is 0 Å². The molecule has 4 nitrogen and oxygen atoms in total. The second-order valence-corrected chi connectivity index (χ2v) is 6.19. The van der Waals surface area contributed by atoms with Gasteiger partial charge in [-0.2, -0.15) is 0 Å². The summed E-state index contributed by atoms with van der Waals surface area (Å²) in [5.41, 5.74) is 3.64. The molecule has 1 heterocycles. The minimum absolute atomic E-state index is 0.150. The van der Waals surface area contributed by atoms with Crippen molar-refractivity contribution < 1.29 is 14.7 Å². The highest BCUT2D eigenvalue weighted by Gasteiger charge is 2.21. The van der Waals surface area contributed by atoms with Gasteiger partial charge in [0.25, 0.3) is 0 Å². The molecule has 0 atom stereocenters. The Hall–Kier alpha value is -2.62. The zero-order valence-electron chi connectivity index (χ0n) is 13.6. The third-order valence-electron chi connectivity index (χ3n) is 4.52. The van der Waals surface area contributed by atoms with Gasteiger partial charge in [-0.3, -0.25) is 4.79 Å². The summed E-state index contributed by atoms with van der Waals surface area (Å²) in [5, 5.41) is 9.11. The molecule has 1 aliphatic rings. The summed E-state index contributed by atoms with van der Waals surface area (Å²) >= 11 is 0. The highest BCUT2D eigenvalue weighted by Crippen LogP contribution is 2.21. The van der Waals surface area contributed by atoms with Crippen molar-refractivity contribution in [2.24, 2.45) is 0 Å². The number of aromatic carboxylic acids is 1. The molecule has 1 aliphatic heterocycles. The number of aryl methyl sites for hydroxylation is 1. The minimum Gasteiger partial charge on any atom is -0.478 e. The van der Waals surface area contributed by atoms with E-state index in [-0.39, 0.29) is 11.5 Å². The molecular weight excluding hydrogens is 302 g/mol. The van der Waals surface area contributed by atoms with E-state index in [1.54, 1.807) is 12.1 Å². The van der Waals surface area contributed by atoms with Crippen LogP contribution < -0.4 is 0 Å². The Morgan fingerprint density at radius 2 is 1.83 bits per heavy atom. The monoisotopic (exact) mass is 323 g/mol. The number of nitrogens with zero attached hydrogens (tertiary/aromatic N) is 1. The summed E-state index contributed by atoms with van der Waals surface area (Å²) in [6.07, 6.45) is 3.06. The van der Waals surface area contributed by atoms with Gasteiger partial charge in [-0.1, -0.05) is 36.4 Å². The van der Waals surface area contributed by atoms with Crippen LogP contribution in [0.2, 0.25) is 0 Å². The Kier molecular flexibility index (Phi) is 4.94. The average Bonchev–Trinajstić information content (AvgIpc) is 2.61. The molecule has 24 heavy (non-hydrogen) atoms. The Bertz CT molecular complexity index is 740. The molecule has 0 saturated heterocycles. The lowest BCUT2D eigenvalue weighted by atomic mass is 9.97. The van der Waals surface area contributed by atoms with E-state index in [4.69, 9.17) is 5.11 Å². The van der Waals surface area contributed by atoms with Gasteiger partial charge in [0.1, 0.15) is 0 Å². The largest absolute Gasteiger partial charge is 0.478 e. The van der Waals surface area contributed by atoms with E-state index in [1.165, 1.54) is 5.56 Å². The van der Waals surface area contributed by atoms with E-state index in [1.807, 2.05) is 29.2 Å². The fourth-order valence-electron chi connectivity index (χ4n) is 3.15. The smallest absolute Gasteiger partial charge is 0.335 e. The van der Waals surface area contributed by atoms with Gasteiger partial charge in [0.05, 0.1) is 5.56 Å². The lowest BCUT2D eigenvalue weighted by Gasteiger charge is -2.29. The SMILES string of the molecule is O=C(O)c1ccc2c(c1)CN(C(=O)CCCc1ccccc1)CC2. The number of hydrogen-bond donors (Lipinski definition) is 1. The van der Waals surface area contributed by atoms with Crippen LogP contribution >= 0.6 is 0 Å². The summed E-state index contributed by atoms with van der Waals surface area (Å²) in [6.45, 7) is 1.23. The molecule has 4 heteroatoms. The van der Waals surface area contributed by atoms with E-state index in [0.29, 0.717) is 19.5 Å². The molecule has 2 aromatic rings. The van der Waals surface area contributed by atoms with E-state index in [0.717, 1.165) is 30.4 Å². The number of hydrogen-bond acceptors (Lipinski definition) is 2. The van der Waals surface area contributed by atoms with Crippen LogP contribution in [0, 0.1) is 0 Å². The van der Waals surface area contributed by atoms with Crippen molar-refractivity contribution in [3.63, 3.8) is 0 Å². The zero-order valence-corrected chi connectivity index (χ0v) is 13.6. The number of rotatable bonds is 5. The molecule has 0 unspecified atom stereocenters. The van der Waals surface area contributed by atoms with Crippen molar-refractivity contribution in [2.45, 2.75) is 32.2 Å². The van der Waals surface area contributed by atoms with E-state index < -0.39 is 5.97 Å². The maximum Gasteiger partial charge on any atom is 0.335 e. The normalized spacial score (nSPS) is 13.4. The summed E-state index contributed by atoms with van der Waals surface area (Å²) in [5.74, 6) is -0.776. The van der Waals surface area contributed by atoms with Crippen LogP contribution in [0.15, 0.2) is 48.5 Å². The first-order chi connectivity index (χ1) is 11.6. The van der Waals surface area contributed by atoms with Gasteiger partial charge >= 0.3 is 5.97 Å². The number of carboxylic acid groups (broad SMARTS) is 1.